The Morgan fingerprint density at radius 2 is 2.11 bits per heavy atom. The Balaban J connectivity index is 1.45. The summed E-state index contributed by atoms with van der Waals surface area (Å²) in [6.07, 6.45) is 2.37. The molecule has 0 aliphatic carbocycles. The highest BCUT2D eigenvalue weighted by atomic mass is 19.1. The molecule has 2 aliphatic rings. The van der Waals surface area contributed by atoms with Crippen molar-refractivity contribution in [1.82, 2.24) is 19.9 Å². The van der Waals surface area contributed by atoms with Gasteiger partial charge in [-0.2, -0.15) is 9.97 Å². The van der Waals surface area contributed by atoms with E-state index < -0.39 is 35.4 Å². The molecule has 13 heteroatoms. The molecule has 2 saturated heterocycles. The van der Waals surface area contributed by atoms with Gasteiger partial charge in [-0.25, -0.2) is 13.2 Å². The summed E-state index contributed by atoms with van der Waals surface area (Å²) in [5, 5.41) is 23.7. The highest BCUT2D eigenvalue weighted by Crippen LogP contribution is 2.41. The van der Waals surface area contributed by atoms with Gasteiger partial charge in [-0.3, -0.25) is 14.7 Å². The number of nitrogens with two attached hydrogens (primary N) is 1. The monoisotopic (exact) mass is 610 g/mol. The molecule has 6 rings (SSSR count). The van der Waals surface area contributed by atoms with Gasteiger partial charge in [0.05, 0.1) is 17.3 Å². The molecule has 1 unspecified atom stereocenters. The first kappa shape index (κ1) is 29.8. The number of carbonyl (C=O) groups is 1. The zero-order chi connectivity index (χ0) is 31.2. The summed E-state index contributed by atoms with van der Waals surface area (Å²) in [5.41, 5.74) is 5.67. The van der Waals surface area contributed by atoms with Crippen LogP contribution in [0.25, 0.3) is 32.9 Å². The van der Waals surface area contributed by atoms with Gasteiger partial charge in [-0.05, 0) is 60.3 Å². The Hall–Kier alpha value is -4.23. The maximum absolute atomic E-state index is 16.5. The van der Waals surface area contributed by atoms with E-state index in [1.54, 1.807) is 6.92 Å². The van der Waals surface area contributed by atoms with E-state index in [1.165, 1.54) is 30.5 Å². The summed E-state index contributed by atoms with van der Waals surface area (Å²) in [6.45, 7) is 2.98. The summed E-state index contributed by atoms with van der Waals surface area (Å²) in [4.78, 5) is 26.4. The van der Waals surface area contributed by atoms with Gasteiger partial charge in [0.1, 0.15) is 41.4 Å². The molecule has 0 amide bonds. The molecule has 2 fully saturated rings. The lowest BCUT2D eigenvalue weighted by Crippen LogP contribution is -2.43. The van der Waals surface area contributed by atoms with Gasteiger partial charge in [-0.15, -0.1) is 0 Å². The maximum Gasteiger partial charge on any atom is 0.319 e. The third-order valence-electron chi connectivity index (χ3n) is 8.62. The molecule has 0 bridgehead atoms. The van der Waals surface area contributed by atoms with Crippen molar-refractivity contribution in [2.24, 2.45) is 5.73 Å². The van der Waals surface area contributed by atoms with Gasteiger partial charge in [0.15, 0.2) is 5.82 Å². The van der Waals surface area contributed by atoms with Crippen LogP contribution in [0.5, 0.6) is 11.8 Å². The molecule has 2 aromatic heterocycles. The SMILES string of the molecule is CCc1c(F)ccc2cc(O)cc(-c3ncc4c(NCC(N)CC(=O)O)nc(OC[C@@]56CCCN5C[C@H](F)C6)nc4c3F)c12. The number of benzene rings is 2. The van der Waals surface area contributed by atoms with Crippen molar-refractivity contribution >= 4 is 33.5 Å². The quantitative estimate of drug-likeness (QED) is 0.202. The normalized spacial score (nSPS) is 20.7. The van der Waals surface area contributed by atoms with E-state index in [4.69, 9.17) is 15.6 Å². The number of aromatic nitrogens is 3. The number of anilines is 1. The fourth-order valence-electron chi connectivity index (χ4n) is 6.63. The van der Waals surface area contributed by atoms with Gasteiger partial charge in [0.25, 0.3) is 0 Å². The van der Waals surface area contributed by atoms with Crippen LogP contribution in [0, 0.1) is 11.6 Å². The number of ether oxygens (including phenoxy) is 1. The number of fused-ring (bicyclic) bond motifs is 3. The lowest BCUT2D eigenvalue weighted by molar-refractivity contribution is -0.137. The molecule has 3 atom stereocenters. The molecule has 0 saturated carbocycles. The molecule has 4 heterocycles. The second-order valence-corrected chi connectivity index (χ2v) is 11.6. The highest BCUT2D eigenvalue weighted by Gasteiger charge is 2.49. The molecule has 4 aromatic rings. The molecule has 10 nitrogen and oxygen atoms in total. The van der Waals surface area contributed by atoms with Gasteiger partial charge < -0.3 is 26.0 Å². The summed E-state index contributed by atoms with van der Waals surface area (Å²) in [5.74, 6) is -2.40. The number of hydrogen-bond donors (Lipinski definition) is 4. The number of aromatic hydroxyl groups is 1. The molecule has 5 N–H and O–H groups in total. The molecule has 2 aromatic carbocycles. The van der Waals surface area contributed by atoms with E-state index >= 15 is 4.39 Å². The fraction of sp³-hybridized carbons (Fsp3) is 0.419. The maximum atomic E-state index is 16.5. The highest BCUT2D eigenvalue weighted by molar-refractivity contribution is 6.01. The van der Waals surface area contributed by atoms with Crippen molar-refractivity contribution in [3.63, 3.8) is 0 Å². The Bertz CT molecular complexity index is 1760. The van der Waals surface area contributed by atoms with Crippen LogP contribution in [-0.2, 0) is 11.2 Å². The van der Waals surface area contributed by atoms with Crippen molar-refractivity contribution in [3.05, 3.63) is 47.7 Å². The van der Waals surface area contributed by atoms with E-state index in [1.807, 2.05) is 0 Å². The van der Waals surface area contributed by atoms with Gasteiger partial charge in [-0.1, -0.05) is 13.0 Å². The van der Waals surface area contributed by atoms with Crippen LogP contribution >= 0.6 is 0 Å². The van der Waals surface area contributed by atoms with Crippen LogP contribution in [0.2, 0.25) is 0 Å². The first-order chi connectivity index (χ1) is 21.1. The molecule has 0 radical (unpaired) electrons. The number of carboxylic acids is 1. The standard InChI is InChI=1S/C31H33F3N6O4/c1-2-20-23(33)5-4-16-8-19(41)10-21(25(16)20)27-26(34)28-22(13-36-27)29(37-12-18(35)9-24(42)43)39-30(38-28)44-15-31-6-3-7-40(31)14-17(32)11-31/h4-5,8,10,13,17-18,41H,2-3,6-7,9,11-12,14-15,35H2,1H3,(H,42,43)(H,37,38,39)/t17-,18?,31+/m1/s1. The number of alkyl halides is 1. The Kier molecular flexibility index (Phi) is 7.93. The fourth-order valence-corrected chi connectivity index (χ4v) is 6.63. The van der Waals surface area contributed by atoms with Gasteiger partial charge in [0, 0.05) is 37.3 Å². The van der Waals surface area contributed by atoms with Crippen LogP contribution in [-0.4, -0.2) is 80.0 Å². The summed E-state index contributed by atoms with van der Waals surface area (Å²) < 4.78 is 51.7. The minimum atomic E-state index is -1.07. The minimum Gasteiger partial charge on any atom is -0.508 e. The average Bonchev–Trinajstić information content (AvgIpc) is 3.50. The predicted octanol–water partition coefficient (Wildman–Crippen LogP) is 4.56. The Morgan fingerprint density at radius 1 is 1.30 bits per heavy atom. The third kappa shape index (κ3) is 5.45. The Morgan fingerprint density at radius 3 is 2.89 bits per heavy atom. The average molecular weight is 611 g/mol. The number of carboxylic acid groups (broad SMARTS) is 1. The first-order valence-electron chi connectivity index (χ1n) is 14.6. The number of aliphatic carboxylic acids is 1. The molecule has 232 valence electrons. The smallest absolute Gasteiger partial charge is 0.319 e. The van der Waals surface area contributed by atoms with E-state index in [0.717, 1.165) is 19.4 Å². The van der Waals surface area contributed by atoms with Crippen molar-refractivity contribution in [3.8, 4) is 23.0 Å². The lowest BCUT2D eigenvalue weighted by Gasteiger charge is -2.30. The number of nitrogens with zero attached hydrogens (tertiary/aromatic N) is 4. The summed E-state index contributed by atoms with van der Waals surface area (Å²) in [7, 11) is 0. The second kappa shape index (κ2) is 11.7. The topological polar surface area (TPSA) is 147 Å². The van der Waals surface area contributed by atoms with Crippen LogP contribution in [0.4, 0.5) is 19.0 Å². The van der Waals surface area contributed by atoms with E-state index in [2.05, 4.69) is 25.2 Å². The predicted molar refractivity (Wildman–Crippen MR) is 158 cm³/mol. The molecule has 2 aliphatic heterocycles. The van der Waals surface area contributed by atoms with Crippen molar-refractivity contribution in [2.75, 3.05) is 31.6 Å². The zero-order valence-corrected chi connectivity index (χ0v) is 24.1. The number of nitrogens with one attached hydrogen (secondary N) is 1. The van der Waals surface area contributed by atoms with Crippen LogP contribution in [0.15, 0.2) is 30.5 Å². The van der Waals surface area contributed by atoms with Crippen molar-refractivity contribution in [1.29, 1.82) is 0 Å². The number of aryl methyl sites for hydroxylation is 1. The second-order valence-electron chi connectivity index (χ2n) is 11.6. The molecular weight excluding hydrogens is 577 g/mol. The number of pyridine rings is 1. The lowest BCUT2D eigenvalue weighted by atomic mass is 9.94. The summed E-state index contributed by atoms with van der Waals surface area (Å²) >= 11 is 0. The van der Waals surface area contributed by atoms with Crippen LogP contribution in [0.1, 0.15) is 38.2 Å². The minimum absolute atomic E-state index is 0.00119. The molecule has 0 spiro atoms. The number of phenolic OH excluding ortho intramolecular Hbond substituents is 1. The largest absolute Gasteiger partial charge is 0.508 e. The number of phenols is 1. The van der Waals surface area contributed by atoms with E-state index in [9.17, 15) is 18.7 Å². The summed E-state index contributed by atoms with van der Waals surface area (Å²) in [6, 6.07) is 4.70. The number of hydrogen-bond acceptors (Lipinski definition) is 9. The van der Waals surface area contributed by atoms with E-state index in [-0.39, 0.29) is 59.3 Å². The van der Waals surface area contributed by atoms with Crippen molar-refractivity contribution < 1.29 is 32.9 Å². The van der Waals surface area contributed by atoms with Crippen molar-refractivity contribution in [2.45, 2.75) is 56.8 Å². The zero-order valence-electron chi connectivity index (χ0n) is 24.1. The van der Waals surface area contributed by atoms with Gasteiger partial charge >= 0.3 is 12.0 Å². The van der Waals surface area contributed by atoms with Gasteiger partial charge in [0.2, 0.25) is 0 Å². The molecular formula is C31H33F3N6O4. The number of rotatable bonds is 10. The number of halogens is 3. The molecule has 44 heavy (non-hydrogen) atoms. The van der Waals surface area contributed by atoms with E-state index in [0.29, 0.717) is 35.7 Å². The third-order valence-corrected chi connectivity index (χ3v) is 8.62. The Labute approximate surface area is 251 Å². The van der Waals surface area contributed by atoms with Crippen LogP contribution in [0.3, 0.4) is 0 Å². The van der Waals surface area contributed by atoms with Crippen LogP contribution < -0.4 is 15.8 Å². The first-order valence-corrected chi connectivity index (χ1v) is 14.6.